The van der Waals surface area contributed by atoms with Gasteiger partial charge in [0.05, 0.1) is 6.54 Å². The molecule has 0 heterocycles. The van der Waals surface area contributed by atoms with Gasteiger partial charge in [0.1, 0.15) is 0 Å². The fourth-order valence-corrected chi connectivity index (χ4v) is 3.03. The summed E-state index contributed by atoms with van der Waals surface area (Å²) in [5, 5.41) is 5.85. The van der Waals surface area contributed by atoms with E-state index < -0.39 is 0 Å². The van der Waals surface area contributed by atoms with Crippen molar-refractivity contribution in [1.29, 1.82) is 0 Å². The summed E-state index contributed by atoms with van der Waals surface area (Å²) in [6.07, 6.45) is 0. The van der Waals surface area contributed by atoms with E-state index in [0.29, 0.717) is 11.3 Å². The summed E-state index contributed by atoms with van der Waals surface area (Å²) in [6, 6.07) is 23.4. The van der Waals surface area contributed by atoms with Crippen molar-refractivity contribution < 1.29 is 14.4 Å². The van der Waals surface area contributed by atoms with Crippen molar-refractivity contribution in [1.82, 2.24) is 0 Å². The quantitative estimate of drug-likeness (QED) is 0.594. The monoisotopic (exact) mass is 430 g/mol. The molecular weight excluding hydrogens is 404 g/mol. The Morgan fingerprint density at radius 2 is 1.28 bits per heavy atom. The van der Waals surface area contributed by atoms with Crippen LogP contribution in [0.25, 0.3) is 0 Å². The number of hydrogen-bond acceptors (Lipinski definition) is 4. The number of anilines is 4. The topological polar surface area (TPSA) is 81.8 Å². The largest absolute Gasteiger partial charge is 0.376 e. The van der Waals surface area contributed by atoms with Crippen molar-refractivity contribution in [3.8, 4) is 0 Å². The van der Waals surface area contributed by atoms with Crippen molar-refractivity contribution in [3.05, 3.63) is 84.4 Å². The lowest BCUT2D eigenvalue weighted by molar-refractivity contribution is -0.116. The minimum Gasteiger partial charge on any atom is -0.376 e. The van der Waals surface area contributed by atoms with Crippen LogP contribution in [0.2, 0.25) is 0 Å². The SMILES string of the molecule is CC(=O)N(C)c1ccc(NCC(=O)Nc2ccc(C(=O)N(C)c3ccccc3)cc2)cc1. The highest BCUT2D eigenvalue weighted by molar-refractivity contribution is 6.06. The molecule has 0 aliphatic carbocycles. The van der Waals surface area contributed by atoms with E-state index in [4.69, 9.17) is 0 Å². The van der Waals surface area contributed by atoms with Gasteiger partial charge in [0.15, 0.2) is 0 Å². The first kappa shape index (κ1) is 22.6. The van der Waals surface area contributed by atoms with Crippen LogP contribution in [0.3, 0.4) is 0 Å². The Balaban J connectivity index is 1.52. The second kappa shape index (κ2) is 10.3. The molecule has 3 amide bonds. The lowest BCUT2D eigenvalue weighted by Gasteiger charge is -2.17. The maximum absolute atomic E-state index is 12.6. The van der Waals surface area contributed by atoms with Crippen LogP contribution in [0.5, 0.6) is 0 Å². The molecule has 0 atom stereocenters. The summed E-state index contributed by atoms with van der Waals surface area (Å²) >= 11 is 0. The van der Waals surface area contributed by atoms with E-state index >= 15 is 0 Å². The summed E-state index contributed by atoms with van der Waals surface area (Å²) in [5.41, 5.74) is 3.49. The Labute approximate surface area is 187 Å². The van der Waals surface area contributed by atoms with Crippen LogP contribution < -0.4 is 20.4 Å². The molecule has 3 rings (SSSR count). The Morgan fingerprint density at radius 3 is 1.88 bits per heavy atom. The smallest absolute Gasteiger partial charge is 0.258 e. The highest BCUT2D eigenvalue weighted by Gasteiger charge is 2.13. The molecular formula is C25H26N4O3. The molecule has 164 valence electrons. The molecule has 0 saturated carbocycles. The summed E-state index contributed by atoms with van der Waals surface area (Å²) in [6.45, 7) is 1.58. The predicted molar refractivity (Wildman–Crippen MR) is 128 cm³/mol. The molecule has 3 aromatic rings. The van der Waals surface area contributed by atoms with Crippen molar-refractivity contribution in [2.45, 2.75) is 6.92 Å². The average molecular weight is 431 g/mol. The fraction of sp³-hybridized carbons (Fsp3) is 0.160. The zero-order chi connectivity index (χ0) is 23.1. The van der Waals surface area contributed by atoms with Gasteiger partial charge in [-0.1, -0.05) is 18.2 Å². The van der Waals surface area contributed by atoms with Crippen LogP contribution in [0.1, 0.15) is 17.3 Å². The zero-order valence-corrected chi connectivity index (χ0v) is 18.3. The number of carbonyl (C=O) groups excluding carboxylic acids is 3. The van der Waals surface area contributed by atoms with Gasteiger partial charge in [0.25, 0.3) is 5.91 Å². The number of amides is 3. The highest BCUT2D eigenvalue weighted by Crippen LogP contribution is 2.18. The Morgan fingerprint density at radius 1 is 0.719 bits per heavy atom. The minimum absolute atomic E-state index is 0.0514. The second-order valence-electron chi connectivity index (χ2n) is 7.30. The standard InChI is InChI=1S/C25H26N4O3/c1-18(30)28(2)23-15-13-20(14-16-23)26-17-24(31)27-21-11-9-19(10-12-21)25(32)29(3)22-7-5-4-6-8-22/h4-16,26H,17H2,1-3H3,(H,27,31). The van der Waals surface area contributed by atoms with E-state index in [0.717, 1.165) is 17.1 Å². The average Bonchev–Trinajstić information content (AvgIpc) is 2.82. The Hall–Kier alpha value is -4.13. The predicted octanol–water partition coefficient (Wildman–Crippen LogP) is 4.00. The molecule has 0 aliphatic rings. The first-order valence-electron chi connectivity index (χ1n) is 10.2. The van der Waals surface area contributed by atoms with Crippen LogP contribution in [-0.4, -0.2) is 38.4 Å². The molecule has 7 heteroatoms. The number of carbonyl (C=O) groups is 3. The van der Waals surface area contributed by atoms with Crippen LogP contribution >= 0.6 is 0 Å². The molecule has 2 N–H and O–H groups in total. The maximum atomic E-state index is 12.6. The van der Waals surface area contributed by atoms with Gasteiger partial charge in [-0.05, 0) is 60.7 Å². The maximum Gasteiger partial charge on any atom is 0.258 e. The van der Waals surface area contributed by atoms with E-state index in [-0.39, 0.29) is 24.3 Å². The first-order chi connectivity index (χ1) is 15.3. The highest BCUT2D eigenvalue weighted by atomic mass is 16.2. The van der Waals surface area contributed by atoms with Crippen LogP contribution in [0.15, 0.2) is 78.9 Å². The van der Waals surface area contributed by atoms with Gasteiger partial charge < -0.3 is 20.4 Å². The van der Waals surface area contributed by atoms with Gasteiger partial charge in [-0.15, -0.1) is 0 Å². The van der Waals surface area contributed by atoms with Gasteiger partial charge >= 0.3 is 0 Å². The molecule has 3 aromatic carbocycles. The number of benzene rings is 3. The van der Waals surface area contributed by atoms with Crippen LogP contribution in [-0.2, 0) is 9.59 Å². The molecule has 0 bridgehead atoms. The molecule has 0 unspecified atom stereocenters. The molecule has 0 aliphatic heterocycles. The third-order valence-corrected chi connectivity index (χ3v) is 5.04. The molecule has 0 saturated heterocycles. The van der Waals surface area contributed by atoms with Gasteiger partial charge in [0.2, 0.25) is 11.8 Å². The van der Waals surface area contributed by atoms with E-state index in [9.17, 15) is 14.4 Å². The molecule has 0 spiro atoms. The number of para-hydroxylation sites is 1. The van der Waals surface area contributed by atoms with Gasteiger partial charge in [-0.25, -0.2) is 0 Å². The van der Waals surface area contributed by atoms with Crippen molar-refractivity contribution in [3.63, 3.8) is 0 Å². The van der Waals surface area contributed by atoms with Gasteiger partial charge in [-0.3, -0.25) is 14.4 Å². The molecule has 7 nitrogen and oxygen atoms in total. The van der Waals surface area contributed by atoms with E-state index in [1.165, 1.54) is 6.92 Å². The summed E-state index contributed by atoms with van der Waals surface area (Å²) in [5.74, 6) is -0.394. The Kier molecular flexibility index (Phi) is 7.23. The van der Waals surface area contributed by atoms with Gasteiger partial charge in [-0.2, -0.15) is 0 Å². The van der Waals surface area contributed by atoms with Crippen molar-refractivity contribution >= 4 is 40.5 Å². The number of nitrogens with one attached hydrogen (secondary N) is 2. The minimum atomic E-state index is -0.213. The van der Waals surface area contributed by atoms with E-state index in [1.807, 2.05) is 54.6 Å². The Bertz CT molecular complexity index is 1080. The molecule has 32 heavy (non-hydrogen) atoms. The summed E-state index contributed by atoms with van der Waals surface area (Å²) in [7, 11) is 3.43. The van der Waals surface area contributed by atoms with E-state index in [2.05, 4.69) is 10.6 Å². The normalized spacial score (nSPS) is 10.2. The van der Waals surface area contributed by atoms with Crippen molar-refractivity contribution in [2.75, 3.05) is 41.1 Å². The third kappa shape index (κ3) is 5.72. The molecule has 0 fully saturated rings. The lowest BCUT2D eigenvalue weighted by atomic mass is 10.1. The third-order valence-electron chi connectivity index (χ3n) is 5.04. The summed E-state index contributed by atoms with van der Waals surface area (Å²) in [4.78, 5) is 39.4. The molecule has 0 aromatic heterocycles. The number of nitrogens with zero attached hydrogens (tertiary/aromatic N) is 2. The van der Waals surface area contributed by atoms with Crippen LogP contribution in [0, 0.1) is 0 Å². The lowest BCUT2D eigenvalue weighted by Crippen LogP contribution is -2.26. The second-order valence-corrected chi connectivity index (χ2v) is 7.30. The molecule has 0 radical (unpaired) electrons. The summed E-state index contributed by atoms with van der Waals surface area (Å²) < 4.78 is 0. The fourth-order valence-electron chi connectivity index (χ4n) is 3.03. The van der Waals surface area contributed by atoms with Gasteiger partial charge in [0, 0.05) is 49.3 Å². The first-order valence-corrected chi connectivity index (χ1v) is 10.2. The number of hydrogen-bond donors (Lipinski definition) is 2. The van der Waals surface area contributed by atoms with Crippen LogP contribution in [0.4, 0.5) is 22.7 Å². The van der Waals surface area contributed by atoms with Crippen molar-refractivity contribution in [2.24, 2.45) is 0 Å². The number of rotatable bonds is 7. The zero-order valence-electron chi connectivity index (χ0n) is 18.3. The van der Waals surface area contributed by atoms with E-state index in [1.54, 1.807) is 48.2 Å².